The summed E-state index contributed by atoms with van der Waals surface area (Å²) in [6, 6.07) is 5.71. The molecular formula is C18H23NO2S. The van der Waals surface area contributed by atoms with E-state index in [0.717, 1.165) is 23.1 Å². The molecule has 0 aromatic heterocycles. The first-order valence-corrected chi connectivity index (χ1v) is 9.20. The van der Waals surface area contributed by atoms with Crippen molar-refractivity contribution in [1.29, 1.82) is 0 Å². The van der Waals surface area contributed by atoms with Crippen molar-refractivity contribution in [2.45, 2.75) is 45.1 Å². The van der Waals surface area contributed by atoms with Crippen molar-refractivity contribution >= 4 is 23.5 Å². The van der Waals surface area contributed by atoms with Crippen LogP contribution in [-0.4, -0.2) is 29.2 Å². The molecule has 0 saturated carbocycles. The average molecular weight is 317 g/mol. The highest BCUT2D eigenvalue weighted by molar-refractivity contribution is 7.99. The number of Topliss-reactive ketones (excluding diaryl/α,β-unsaturated/α-hetero) is 1. The molecule has 118 valence electrons. The Kier molecular flexibility index (Phi) is 4.57. The van der Waals surface area contributed by atoms with Crippen molar-refractivity contribution in [3.8, 4) is 0 Å². The van der Waals surface area contributed by atoms with Crippen LogP contribution >= 0.6 is 11.8 Å². The Morgan fingerprint density at radius 1 is 1.18 bits per heavy atom. The molecule has 0 spiro atoms. The van der Waals surface area contributed by atoms with Crippen LogP contribution < -0.4 is 5.32 Å². The Bertz CT molecular complexity index is 593. The predicted octanol–water partition coefficient (Wildman–Crippen LogP) is 2.99. The second kappa shape index (κ2) is 6.45. The van der Waals surface area contributed by atoms with Crippen molar-refractivity contribution in [2.75, 3.05) is 11.5 Å². The van der Waals surface area contributed by atoms with Crippen LogP contribution in [0.2, 0.25) is 0 Å². The molecule has 3 nitrogen and oxygen atoms in total. The highest BCUT2D eigenvalue weighted by Gasteiger charge is 2.43. The molecule has 1 N–H and O–H groups in total. The lowest BCUT2D eigenvalue weighted by atomic mass is 9.86. The van der Waals surface area contributed by atoms with E-state index in [2.05, 4.69) is 5.32 Å². The van der Waals surface area contributed by atoms with Crippen LogP contribution in [-0.2, 0) is 9.59 Å². The maximum atomic E-state index is 12.8. The zero-order chi connectivity index (χ0) is 15.7. The van der Waals surface area contributed by atoms with Crippen molar-refractivity contribution in [2.24, 2.45) is 5.92 Å². The molecule has 1 amide bonds. The monoisotopic (exact) mass is 317 g/mol. The van der Waals surface area contributed by atoms with Gasteiger partial charge in [0.15, 0.2) is 5.78 Å². The molecule has 2 saturated heterocycles. The topological polar surface area (TPSA) is 46.2 Å². The quantitative estimate of drug-likeness (QED) is 0.872. The highest BCUT2D eigenvalue weighted by Crippen LogP contribution is 2.32. The van der Waals surface area contributed by atoms with Crippen LogP contribution in [0.5, 0.6) is 0 Å². The second-order valence-corrected chi connectivity index (χ2v) is 7.77. The van der Waals surface area contributed by atoms with Crippen molar-refractivity contribution < 1.29 is 9.59 Å². The lowest BCUT2D eigenvalue weighted by Gasteiger charge is -2.23. The third-order valence-corrected chi connectivity index (χ3v) is 5.91. The second-order valence-electron chi connectivity index (χ2n) is 6.55. The zero-order valence-electron chi connectivity index (χ0n) is 13.2. The summed E-state index contributed by atoms with van der Waals surface area (Å²) in [6.45, 7) is 3.97. The van der Waals surface area contributed by atoms with E-state index in [1.165, 1.54) is 24.3 Å². The fourth-order valence-corrected chi connectivity index (χ4v) is 4.72. The minimum absolute atomic E-state index is 0.0666. The molecule has 2 unspecified atom stereocenters. The average Bonchev–Trinajstić information content (AvgIpc) is 2.77. The molecule has 3 rings (SSSR count). The van der Waals surface area contributed by atoms with Gasteiger partial charge in [-0.1, -0.05) is 23.8 Å². The smallest absolute Gasteiger partial charge is 0.235 e. The Morgan fingerprint density at radius 3 is 2.64 bits per heavy atom. The van der Waals surface area contributed by atoms with Crippen LogP contribution in [0.15, 0.2) is 18.2 Å². The van der Waals surface area contributed by atoms with Gasteiger partial charge in [0.25, 0.3) is 0 Å². The molecule has 1 aromatic rings. The summed E-state index contributed by atoms with van der Waals surface area (Å²) in [5, 5.41) is 2.95. The van der Waals surface area contributed by atoms with Gasteiger partial charge in [0, 0.05) is 0 Å². The zero-order valence-corrected chi connectivity index (χ0v) is 14.0. The van der Waals surface area contributed by atoms with Gasteiger partial charge < -0.3 is 5.32 Å². The number of rotatable bonds is 3. The summed E-state index contributed by atoms with van der Waals surface area (Å²) in [5.41, 5.74) is 2.99. The van der Waals surface area contributed by atoms with Gasteiger partial charge in [0.1, 0.15) is 5.92 Å². The number of hydrogen-bond donors (Lipinski definition) is 1. The van der Waals surface area contributed by atoms with E-state index in [0.29, 0.717) is 5.92 Å². The van der Waals surface area contributed by atoms with Crippen LogP contribution in [0.1, 0.15) is 41.9 Å². The summed E-state index contributed by atoms with van der Waals surface area (Å²) in [4.78, 5) is 25.1. The van der Waals surface area contributed by atoms with Gasteiger partial charge >= 0.3 is 0 Å². The number of hydrogen-bond acceptors (Lipinski definition) is 3. The first kappa shape index (κ1) is 15.6. The van der Waals surface area contributed by atoms with Gasteiger partial charge in [0.05, 0.1) is 6.04 Å². The summed E-state index contributed by atoms with van der Waals surface area (Å²) in [7, 11) is 0. The maximum Gasteiger partial charge on any atom is 0.235 e. The molecular weight excluding hydrogens is 294 g/mol. The van der Waals surface area contributed by atoms with Gasteiger partial charge in [-0.15, -0.1) is 0 Å². The van der Waals surface area contributed by atoms with E-state index in [4.69, 9.17) is 0 Å². The standard InChI is InChI=1S/C18H23NO2S/c1-11-3-4-12(2)14(9-11)16-17(20)15(19-18(16)21)10-13-5-7-22-8-6-13/h3-4,9,13,15-16H,5-8,10H2,1-2H3,(H,19,21). The van der Waals surface area contributed by atoms with E-state index >= 15 is 0 Å². The fraction of sp³-hybridized carbons (Fsp3) is 0.556. The lowest BCUT2D eigenvalue weighted by molar-refractivity contribution is -0.124. The third-order valence-electron chi connectivity index (χ3n) is 4.86. The summed E-state index contributed by atoms with van der Waals surface area (Å²) in [5.74, 6) is 2.28. The molecule has 1 aromatic carbocycles. The van der Waals surface area contributed by atoms with E-state index < -0.39 is 5.92 Å². The van der Waals surface area contributed by atoms with Crippen molar-refractivity contribution in [3.63, 3.8) is 0 Å². The summed E-state index contributed by atoms with van der Waals surface area (Å²) >= 11 is 1.99. The fourth-order valence-electron chi connectivity index (χ4n) is 3.51. The molecule has 2 aliphatic heterocycles. The molecule has 2 atom stereocenters. The highest BCUT2D eigenvalue weighted by atomic mass is 32.2. The number of carbonyl (C=O) groups excluding carboxylic acids is 2. The number of nitrogens with one attached hydrogen (secondary N) is 1. The Balaban J connectivity index is 1.77. The first-order chi connectivity index (χ1) is 10.6. The number of benzene rings is 1. The summed E-state index contributed by atoms with van der Waals surface area (Å²) in [6.07, 6.45) is 3.14. The lowest BCUT2D eigenvalue weighted by Crippen LogP contribution is -2.32. The molecule has 0 bridgehead atoms. The van der Waals surface area contributed by atoms with Crippen LogP contribution in [0, 0.1) is 19.8 Å². The largest absolute Gasteiger partial charge is 0.345 e. The van der Waals surface area contributed by atoms with Gasteiger partial charge in [-0.25, -0.2) is 0 Å². The molecule has 2 aliphatic rings. The molecule has 4 heteroatoms. The molecule has 2 fully saturated rings. The predicted molar refractivity (Wildman–Crippen MR) is 90.3 cm³/mol. The Hall–Kier alpha value is -1.29. The van der Waals surface area contributed by atoms with E-state index in [-0.39, 0.29) is 17.7 Å². The van der Waals surface area contributed by atoms with Crippen molar-refractivity contribution in [1.82, 2.24) is 5.32 Å². The van der Waals surface area contributed by atoms with Gasteiger partial charge in [-0.2, -0.15) is 11.8 Å². The number of thioether (sulfide) groups is 1. The number of carbonyl (C=O) groups is 2. The Morgan fingerprint density at radius 2 is 1.91 bits per heavy atom. The minimum atomic E-state index is -0.608. The van der Waals surface area contributed by atoms with E-state index in [1.54, 1.807) is 0 Å². The minimum Gasteiger partial charge on any atom is -0.345 e. The Labute approximate surface area is 136 Å². The van der Waals surface area contributed by atoms with Crippen LogP contribution in [0.3, 0.4) is 0 Å². The van der Waals surface area contributed by atoms with Crippen LogP contribution in [0.25, 0.3) is 0 Å². The van der Waals surface area contributed by atoms with Gasteiger partial charge in [-0.05, 0) is 61.7 Å². The van der Waals surface area contributed by atoms with Gasteiger partial charge in [0.2, 0.25) is 5.91 Å². The normalized spacial score (nSPS) is 26.3. The molecule has 0 aliphatic carbocycles. The van der Waals surface area contributed by atoms with E-state index in [9.17, 15) is 9.59 Å². The SMILES string of the molecule is Cc1ccc(C)c(C2C(=O)NC(CC3CCSCC3)C2=O)c1. The van der Waals surface area contributed by atoms with Crippen LogP contribution in [0.4, 0.5) is 0 Å². The first-order valence-electron chi connectivity index (χ1n) is 8.05. The summed E-state index contributed by atoms with van der Waals surface area (Å²) < 4.78 is 0. The third kappa shape index (κ3) is 3.07. The van der Waals surface area contributed by atoms with Gasteiger partial charge in [-0.3, -0.25) is 9.59 Å². The number of amides is 1. The number of ketones is 1. The van der Waals surface area contributed by atoms with E-state index in [1.807, 2.05) is 43.8 Å². The molecule has 22 heavy (non-hydrogen) atoms. The van der Waals surface area contributed by atoms with Crippen molar-refractivity contribution in [3.05, 3.63) is 34.9 Å². The molecule has 2 heterocycles. The number of aryl methyl sites for hydroxylation is 2. The molecule has 0 radical (unpaired) electrons. The maximum absolute atomic E-state index is 12.8.